The van der Waals surface area contributed by atoms with Crippen LogP contribution in [0.25, 0.3) is 6.08 Å². The molecule has 0 saturated carbocycles. The number of amides is 1. The molecule has 25 heavy (non-hydrogen) atoms. The predicted octanol–water partition coefficient (Wildman–Crippen LogP) is 4.62. The number of nitrogens with zero attached hydrogens (tertiary/aromatic N) is 2. The van der Waals surface area contributed by atoms with Gasteiger partial charge in [-0.3, -0.25) is 4.79 Å². The van der Waals surface area contributed by atoms with Crippen molar-refractivity contribution in [3.63, 3.8) is 0 Å². The normalized spacial score (nSPS) is 11.9. The highest BCUT2D eigenvalue weighted by Crippen LogP contribution is 2.21. The van der Waals surface area contributed by atoms with Gasteiger partial charge in [-0.15, -0.1) is 0 Å². The van der Waals surface area contributed by atoms with Gasteiger partial charge in [-0.2, -0.15) is 10.5 Å². The molecular formula is C21H19N3O. The van der Waals surface area contributed by atoms with Crippen molar-refractivity contribution in [3.8, 4) is 12.1 Å². The Morgan fingerprint density at radius 1 is 1.12 bits per heavy atom. The van der Waals surface area contributed by atoms with E-state index in [2.05, 4.69) is 19.2 Å². The SMILES string of the molecule is CC[C@@H](C)c1ccc(NC(=O)/C(C#N)=C/c2ccc(C#N)cc2)cc1. The van der Waals surface area contributed by atoms with E-state index in [-0.39, 0.29) is 5.57 Å². The van der Waals surface area contributed by atoms with Crippen molar-refractivity contribution in [3.05, 3.63) is 70.8 Å². The van der Waals surface area contributed by atoms with Crippen LogP contribution in [0.3, 0.4) is 0 Å². The zero-order valence-electron chi connectivity index (χ0n) is 14.3. The highest BCUT2D eigenvalue weighted by Gasteiger charge is 2.10. The zero-order valence-corrected chi connectivity index (χ0v) is 14.3. The summed E-state index contributed by atoms with van der Waals surface area (Å²) < 4.78 is 0. The van der Waals surface area contributed by atoms with Crippen LogP contribution in [0.1, 0.15) is 42.9 Å². The predicted molar refractivity (Wildman–Crippen MR) is 98.5 cm³/mol. The molecule has 1 N–H and O–H groups in total. The highest BCUT2D eigenvalue weighted by molar-refractivity contribution is 6.09. The van der Waals surface area contributed by atoms with Crippen LogP contribution in [0.4, 0.5) is 5.69 Å². The Morgan fingerprint density at radius 3 is 2.28 bits per heavy atom. The summed E-state index contributed by atoms with van der Waals surface area (Å²) in [5, 5.41) is 20.8. The Hall–Kier alpha value is -3.37. The van der Waals surface area contributed by atoms with Gasteiger partial charge in [-0.25, -0.2) is 0 Å². The minimum absolute atomic E-state index is 0.00992. The third-order valence-electron chi connectivity index (χ3n) is 4.07. The molecule has 0 unspecified atom stereocenters. The molecular weight excluding hydrogens is 310 g/mol. The maximum atomic E-state index is 12.3. The van der Waals surface area contributed by atoms with Crippen molar-refractivity contribution in [2.75, 3.05) is 5.32 Å². The van der Waals surface area contributed by atoms with Gasteiger partial charge in [-0.05, 0) is 53.8 Å². The van der Waals surface area contributed by atoms with Gasteiger partial charge in [0.05, 0.1) is 11.6 Å². The second kappa shape index (κ2) is 8.47. The topological polar surface area (TPSA) is 76.7 Å². The largest absolute Gasteiger partial charge is 0.321 e. The van der Waals surface area contributed by atoms with Crippen LogP contribution in [0.5, 0.6) is 0 Å². The van der Waals surface area contributed by atoms with E-state index in [4.69, 9.17) is 5.26 Å². The number of nitrogens with one attached hydrogen (secondary N) is 1. The lowest BCUT2D eigenvalue weighted by Gasteiger charge is -2.10. The summed E-state index contributed by atoms with van der Waals surface area (Å²) in [6, 6.07) is 18.3. The fraction of sp³-hybridized carbons (Fsp3) is 0.190. The van der Waals surface area contributed by atoms with Crippen molar-refractivity contribution in [1.29, 1.82) is 10.5 Å². The molecule has 1 amide bonds. The van der Waals surface area contributed by atoms with Gasteiger partial charge in [0.2, 0.25) is 0 Å². The van der Waals surface area contributed by atoms with Gasteiger partial charge in [0.1, 0.15) is 11.6 Å². The third-order valence-corrected chi connectivity index (χ3v) is 4.07. The van der Waals surface area contributed by atoms with E-state index < -0.39 is 5.91 Å². The maximum Gasteiger partial charge on any atom is 0.266 e. The quantitative estimate of drug-likeness (QED) is 0.642. The molecule has 2 aromatic carbocycles. The Kier molecular flexibility index (Phi) is 6.09. The van der Waals surface area contributed by atoms with Crippen molar-refractivity contribution in [2.24, 2.45) is 0 Å². The smallest absolute Gasteiger partial charge is 0.266 e. The van der Waals surface area contributed by atoms with Gasteiger partial charge >= 0.3 is 0 Å². The fourth-order valence-electron chi connectivity index (χ4n) is 2.30. The van der Waals surface area contributed by atoms with Crippen LogP contribution >= 0.6 is 0 Å². The van der Waals surface area contributed by atoms with E-state index in [9.17, 15) is 10.1 Å². The lowest BCUT2D eigenvalue weighted by atomic mass is 9.98. The minimum Gasteiger partial charge on any atom is -0.321 e. The van der Waals surface area contributed by atoms with Crippen LogP contribution in [-0.4, -0.2) is 5.91 Å². The van der Waals surface area contributed by atoms with E-state index >= 15 is 0 Å². The van der Waals surface area contributed by atoms with Crippen molar-refractivity contribution in [1.82, 2.24) is 0 Å². The molecule has 0 aliphatic heterocycles. The van der Waals surface area contributed by atoms with Gasteiger partial charge in [0.15, 0.2) is 0 Å². The first-order valence-corrected chi connectivity index (χ1v) is 8.10. The van der Waals surface area contributed by atoms with Gasteiger partial charge in [0, 0.05) is 5.69 Å². The highest BCUT2D eigenvalue weighted by atomic mass is 16.1. The van der Waals surface area contributed by atoms with E-state index in [1.807, 2.05) is 36.4 Å². The summed E-state index contributed by atoms with van der Waals surface area (Å²) >= 11 is 0. The summed E-state index contributed by atoms with van der Waals surface area (Å²) in [7, 11) is 0. The number of rotatable bonds is 5. The molecule has 0 aromatic heterocycles. The molecule has 2 rings (SSSR count). The second-order valence-electron chi connectivity index (χ2n) is 5.79. The molecule has 0 spiro atoms. The Labute approximate surface area is 148 Å². The molecule has 0 saturated heterocycles. The minimum atomic E-state index is -0.455. The molecule has 0 aliphatic carbocycles. The summed E-state index contributed by atoms with van der Waals surface area (Å²) in [4.78, 5) is 12.3. The van der Waals surface area contributed by atoms with Gasteiger partial charge in [-0.1, -0.05) is 38.1 Å². The summed E-state index contributed by atoms with van der Waals surface area (Å²) in [6.07, 6.45) is 2.56. The van der Waals surface area contributed by atoms with Crippen molar-refractivity contribution in [2.45, 2.75) is 26.2 Å². The number of anilines is 1. The molecule has 4 nitrogen and oxygen atoms in total. The molecule has 0 bridgehead atoms. The number of nitriles is 2. The Bertz CT molecular complexity index is 850. The van der Waals surface area contributed by atoms with Crippen LogP contribution < -0.4 is 5.32 Å². The van der Waals surface area contributed by atoms with E-state index in [0.29, 0.717) is 22.7 Å². The van der Waals surface area contributed by atoms with Crippen LogP contribution in [0.2, 0.25) is 0 Å². The standard InChI is InChI=1S/C21H19N3O/c1-3-15(2)18-8-10-20(11-9-18)24-21(25)19(14-23)12-16-4-6-17(13-22)7-5-16/h4-12,15H,3H2,1-2H3,(H,24,25)/b19-12+/t15-/m1/s1. The van der Waals surface area contributed by atoms with Gasteiger partial charge in [0.25, 0.3) is 5.91 Å². The van der Waals surface area contributed by atoms with Crippen LogP contribution in [-0.2, 0) is 4.79 Å². The van der Waals surface area contributed by atoms with E-state index in [1.54, 1.807) is 24.3 Å². The summed E-state index contributed by atoms with van der Waals surface area (Å²) in [5.74, 6) is 0.0128. The third kappa shape index (κ3) is 4.80. The monoisotopic (exact) mass is 329 g/mol. The number of benzene rings is 2. The first kappa shape index (κ1) is 18.0. The summed E-state index contributed by atoms with van der Waals surface area (Å²) in [6.45, 7) is 4.29. The number of carbonyl (C=O) groups excluding carboxylic acids is 1. The molecule has 124 valence electrons. The molecule has 0 aliphatic rings. The Morgan fingerprint density at radius 2 is 1.76 bits per heavy atom. The molecule has 1 atom stereocenters. The number of hydrogen-bond acceptors (Lipinski definition) is 3. The first-order valence-electron chi connectivity index (χ1n) is 8.10. The second-order valence-corrected chi connectivity index (χ2v) is 5.79. The van der Waals surface area contributed by atoms with Crippen molar-refractivity contribution >= 4 is 17.7 Å². The lowest BCUT2D eigenvalue weighted by Crippen LogP contribution is -2.13. The fourth-order valence-corrected chi connectivity index (χ4v) is 2.30. The van der Waals surface area contributed by atoms with Crippen LogP contribution in [0, 0.1) is 22.7 Å². The van der Waals surface area contributed by atoms with Gasteiger partial charge < -0.3 is 5.32 Å². The van der Waals surface area contributed by atoms with E-state index in [0.717, 1.165) is 6.42 Å². The molecule has 4 heteroatoms. The molecule has 0 fully saturated rings. The number of carbonyl (C=O) groups is 1. The zero-order chi connectivity index (χ0) is 18.2. The number of hydrogen-bond donors (Lipinski definition) is 1. The molecule has 0 radical (unpaired) electrons. The lowest BCUT2D eigenvalue weighted by molar-refractivity contribution is -0.112. The van der Waals surface area contributed by atoms with Crippen LogP contribution in [0.15, 0.2) is 54.1 Å². The van der Waals surface area contributed by atoms with E-state index in [1.165, 1.54) is 11.6 Å². The molecule has 2 aromatic rings. The van der Waals surface area contributed by atoms with Crippen molar-refractivity contribution < 1.29 is 4.79 Å². The first-order chi connectivity index (χ1) is 12.1. The molecule has 0 heterocycles. The maximum absolute atomic E-state index is 12.3. The average Bonchev–Trinajstić information content (AvgIpc) is 2.66. The average molecular weight is 329 g/mol. The summed E-state index contributed by atoms with van der Waals surface area (Å²) in [5.41, 5.74) is 3.10. The Balaban J connectivity index is 2.13.